The van der Waals surface area contributed by atoms with E-state index in [1.54, 1.807) is 6.07 Å². The number of para-hydroxylation sites is 1. The molecule has 57 heavy (non-hydrogen) atoms. The molecule has 0 radical (unpaired) electrons. The first kappa shape index (κ1) is 39.4. The number of rotatable bonds is 7. The van der Waals surface area contributed by atoms with Crippen LogP contribution in [0.3, 0.4) is 0 Å². The lowest BCUT2D eigenvalue weighted by atomic mass is 9.87. The minimum absolute atomic E-state index is 0.0185. The van der Waals surface area contributed by atoms with Crippen LogP contribution in [0, 0.1) is 17.8 Å². The maximum absolute atomic E-state index is 14.9. The van der Waals surface area contributed by atoms with Crippen molar-refractivity contribution in [2.24, 2.45) is 17.8 Å². The summed E-state index contributed by atoms with van der Waals surface area (Å²) in [7, 11) is -3.91. The van der Waals surface area contributed by atoms with Crippen molar-refractivity contribution in [1.29, 1.82) is 0 Å². The molecule has 8 rings (SSSR count). The van der Waals surface area contributed by atoms with Crippen LogP contribution in [0.1, 0.15) is 109 Å². The number of nitrogens with zero attached hydrogens (tertiary/aromatic N) is 2. The van der Waals surface area contributed by atoms with Gasteiger partial charge in [0.25, 0.3) is 5.91 Å². The van der Waals surface area contributed by atoms with Crippen molar-refractivity contribution in [2.45, 2.75) is 144 Å². The fourth-order valence-electron chi connectivity index (χ4n) is 9.97. The molecule has 5 fully saturated rings. The molecular formula is C42H55N5O9S. The summed E-state index contributed by atoms with van der Waals surface area (Å²) >= 11 is 0. The lowest BCUT2D eigenvalue weighted by molar-refractivity contribution is -0.142. The number of aromatic nitrogens is 1. The quantitative estimate of drug-likeness (QED) is 0.279. The zero-order valence-corrected chi connectivity index (χ0v) is 33.5. The predicted molar refractivity (Wildman–Crippen MR) is 210 cm³/mol. The molecule has 2 aliphatic heterocycles. The highest BCUT2D eigenvalue weighted by Gasteiger charge is 2.62. The van der Waals surface area contributed by atoms with Gasteiger partial charge >= 0.3 is 6.09 Å². The van der Waals surface area contributed by atoms with E-state index in [9.17, 15) is 32.7 Å². The van der Waals surface area contributed by atoms with Crippen molar-refractivity contribution in [3.05, 3.63) is 42.5 Å². The number of sulfonamides is 1. The summed E-state index contributed by atoms with van der Waals surface area (Å²) < 4.78 is 40.6. The molecule has 4 saturated carbocycles. The SMILES string of the molecule is C=C[C@@H]1C[C@]1(NC(=O)C1CC2CN1C(=O)C(C1CCCC1)NC(=O)OC1(C)CCCC1CCCCCc1c(nc3ccccc3c1O)O2)C(=O)NS(=O)(=O)C1CC1. The minimum Gasteiger partial charge on any atom is -0.507 e. The average Bonchev–Trinajstić information content (AvgIpc) is 3.99. The Kier molecular flexibility index (Phi) is 10.7. The molecule has 15 heteroatoms. The van der Waals surface area contributed by atoms with E-state index in [2.05, 4.69) is 21.9 Å². The molecule has 2 aromatic rings. The van der Waals surface area contributed by atoms with Gasteiger partial charge in [-0.25, -0.2) is 18.2 Å². The molecule has 14 nitrogen and oxygen atoms in total. The zero-order valence-electron chi connectivity index (χ0n) is 32.7. The summed E-state index contributed by atoms with van der Waals surface area (Å²) in [6.45, 7) is 5.76. The summed E-state index contributed by atoms with van der Waals surface area (Å²) in [5, 5.41) is 17.4. The first-order valence-corrected chi connectivity index (χ1v) is 22.4. The molecule has 1 aromatic carbocycles. The highest BCUT2D eigenvalue weighted by molar-refractivity contribution is 7.91. The Morgan fingerprint density at radius 1 is 1.04 bits per heavy atom. The van der Waals surface area contributed by atoms with Crippen molar-refractivity contribution in [3.8, 4) is 11.6 Å². The summed E-state index contributed by atoms with van der Waals surface area (Å²) in [5.74, 6) is -2.16. The van der Waals surface area contributed by atoms with Gasteiger partial charge in [0.05, 0.1) is 22.9 Å². The molecule has 2 bridgehead atoms. The van der Waals surface area contributed by atoms with Gasteiger partial charge in [0.1, 0.15) is 35.1 Å². The lowest BCUT2D eigenvalue weighted by Gasteiger charge is -2.35. The number of alkyl carbamates (subject to hydrolysis) is 1. The average molecular weight is 806 g/mol. The van der Waals surface area contributed by atoms with E-state index in [1.165, 1.54) is 11.0 Å². The van der Waals surface area contributed by atoms with Crippen LogP contribution in [0.5, 0.6) is 11.6 Å². The topological polar surface area (TPSA) is 193 Å². The second-order valence-electron chi connectivity index (χ2n) is 17.5. The maximum Gasteiger partial charge on any atom is 0.408 e. The molecule has 5 unspecified atom stereocenters. The van der Waals surface area contributed by atoms with Crippen LogP contribution >= 0.6 is 0 Å². The third-order valence-electron chi connectivity index (χ3n) is 13.6. The fourth-order valence-corrected chi connectivity index (χ4v) is 11.3. The molecule has 4 N–H and O–H groups in total. The molecule has 7 atom stereocenters. The Bertz CT molecular complexity index is 2050. The number of pyridine rings is 1. The number of ether oxygens (including phenoxy) is 2. The largest absolute Gasteiger partial charge is 0.507 e. The smallest absolute Gasteiger partial charge is 0.408 e. The summed E-state index contributed by atoms with van der Waals surface area (Å²) in [5.41, 5.74) is -1.14. The van der Waals surface area contributed by atoms with E-state index in [0.29, 0.717) is 48.6 Å². The van der Waals surface area contributed by atoms with Crippen molar-refractivity contribution in [2.75, 3.05) is 6.54 Å². The van der Waals surface area contributed by atoms with Crippen LogP contribution < -0.4 is 20.1 Å². The monoisotopic (exact) mass is 805 g/mol. The first-order valence-electron chi connectivity index (χ1n) is 20.9. The van der Waals surface area contributed by atoms with Crippen molar-refractivity contribution in [3.63, 3.8) is 0 Å². The van der Waals surface area contributed by atoms with Gasteiger partial charge in [0, 0.05) is 17.7 Å². The van der Waals surface area contributed by atoms with E-state index in [0.717, 1.165) is 57.8 Å². The Morgan fingerprint density at radius 3 is 2.51 bits per heavy atom. The second-order valence-corrected chi connectivity index (χ2v) is 19.4. The van der Waals surface area contributed by atoms with Crippen LogP contribution in [0.15, 0.2) is 36.9 Å². The normalized spacial score (nSPS) is 32.5. The van der Waals surface area contributed by atoms with Crippen molar-refractivity contribution >= 4 is 44.7 Å². The van der Waals surface area contributed by atoms with Gasteiger partial charge in [-0.1, -0.05) is 43.9 Å². The molecule has 1 aromatic heterocycles. The summed E-state index contributed by atoms with van der Waals surface area (Å²) in [6, 6.07) is 5.16. The van der Waals surface area contributed by atoms with Crippen LogP contribution in [0.25, 0.3) is 10.9 Å². The molecule has 6 aliphatic rings. The van der Waals surface area contributed by atoms with Gasteiger partial charge in [-0.15, -0.1) is 6.58 Å². The zero-order chi connectivity index (χ0) is 40.1. The van der Waals surface area contributed by atoms with Crippen molar-refractivity contribution < 1.29 is 42.2 Å². The van der Waals surface area contributed by atoms with Crippen molar-refractivity contribution in [1.82, 2.24) is 25.2 Å². The molecule has 308 valence electrons. The number of amides is 4. The van der Waals surface area contributed by atoms with E-state index in [-0.39, 0.29) is 42.9 Å². The van der Waals surface area contributed by atoms with E-state index >= 15 is 0 Å². The molecule has 4 amide bonds. The van der Waals surface area contributed by atoms with Gasteiger partial charge in [0.2, 0.25) is 27.7 Å². The molecule has 4 aliphatic carbocycles. The van der Waals surface area contributed by atoms with E-state index in [4.69, 9.17) is 14.5 Å². The molecule has 1 saturated heterocycles. The number of carbonyl (C=O) groups is 4. The number of carbonyl (C=O) groups excluding carboxylic acids is 4. The summed E-state index contributed by atoms with van der Waals surface area (Å²) in [6.07, 6.45) is 10.9. The molecular weight excluding hydrogens is 751 g/mol. The predicted octanol–water partition coefficient (Wildman–Crippen LogP) is 4.92. The highest BCUT2D eigenvalue weighted by Crippen LogP contribution is 2.46. The Balaban J connectivity index is 1.14. The van der Waals surface area contributed by atoms with Crippen LogP contribution in [-0.2, 0) is 35.6 Å². The van der Waals surface area contributed by atoms with Crippen LogP contribution in [0.4, 0.5) is 4.79 Å². The lowest BCUT2D eigenvalue weighted by Crippen LogP contribution is -2.59. The van der Waals surface area contributed by atoms with Crippen LogP contribution in [0.2, 0.25) is 0 Å². The number of nitrogens with one attached hydrogen (secondary N) is 3. The van der Waals surface area contributed by atoms with Gasteiger partial charge in [-0.2, -0.15) is 0 Å². The Morgan fingerprint density at radius 2 is 1.77 bits per heavy atom. The molecule has 3 heterocycles. The van der Waals surface area contributed by atoms with E-state index < -0.39 is 74.3 Å². The number of benzene rings is 1. The number of aromatic hydroxyl groups is 1. The Labute approximate surface area is 333 Å². The number of fused-ring (bicyclic) bond motifs is 5. The standard InChI is InChI=1S/C42H55N5O9S/c1-3-26-23-42(26,39(51)46-57(53,54)29-19-20-29)45-36(49)33-22-28-24-47(33)38(50)34(25-12-7-8-13-25)44-40(52)56-41(2)21-11-15-27(41)14-5-4-6-17-31-35(48)30-16-9-10-18-32(30)43-37(31)55-28/h3,9-10,16,18,25-29,33-34H,1,4-8,11-15,17,19-24H2,2H3,(H,43,48)(H,44,52)(H,45,49)(H,46,51)/t26-,27?,28?,33?,34?,41?,42-/m1/s1. The third kappa shape index (κ3) is 7.80. The number of hydrogen-bond donors (Lipinski definition) is 4. The second kappa shape index (κ2) is 15.4. The third-order valence-corrected chi connectivity index (χ3v) is 15.4. The summed E-state index contributed by atoms with van der Waals surface area (Å²) in [4.78, 5) is 63.1. The first-order chi connectivity index (χ1) is 27.3. The van der Waals surface area contributed by atoms with Gasteiger partial charge in [0.15, 0.2) is 0 Å². The van der Waals surface area contributed by atoms with E-state index in [1.807, 2.05) is 25.1 Å². The van der Waals surface area contributed by atoms with Gasteiger partial charge in [-0.3, -0.25) is 19.1 Å². The number of hydrogen-bond acceptors (Lipinski definition) is 10. The van der Waals surface area contributed by atoms with Gasteiger partial charge in [-0.05, 0) is 102 Å². The maximum atomic E-state index is 14.9. The van der Waals surface area contributed by atoms with Crippen LogP contribution in [-0.4, -0.2) is 88.3 Å². The highest BCUT2D eigenvalue weighted by atomic mass is 32.2. The fraction of sp³-hybridized carbons (Fsp3) is 0.643. The minimum atomic E-state index is -3.91. The molecule has 0 spiro atoms. The van der Waals surface area contributed by atoms with Gasteiger partial charge < -0.3 is 30.1 Å². The Hall–Kier alpha value is -4.40.